The second-order valence-corrected chi connectivity index (χ2v) is 4.52. The normalized spacial score (nSPS) is 18.6. The van der Waals surface area contributed by atoms with Gasteiger partial charge in [0.25, 0.3) is 0 Å². The molecule has 1 aliphatic rings. The van der Waals surface area contributed by atoms with E-state index in [9.17, 15) is 18.0 Å². The molecule has 0 aromatic heterocycles. The smallest absolute Gasteiger partial charge is 0.409 e. The fourth-order valence-electron chi connectivity index (χ4n) is 1.90. The molecule has 5 nitrogen and oxygen atoms in total. The van der Waals surface area contributed by atoms with Gasteiger partial charge in [-0.3, -0.25) is 5.01 Å². The first-order chi connectivity index (χ1) is 9.70. The van der Waals surface area contributed by atoms with Crippen LogP contribution in [0.5, 0.6) is 0 Å². The number of hydrogen-bond acceptors (Lipinski definition) is 4. The lowest BCUT2D eigenvalue weighted by Gasteiger charge is -2.23. The molecule has 112 valence electrons. The van der Waals surface area contributed by atoms with Crippen LogP contribution in [-0.2, 0) is 4.79 Å². The number of hydrogen-bond donors (Lipinski definition) is 3. The van der Waals surface area contributed by atoms with Crippen molar-refractivity contribution < 1.29 is 23.1 Å². The number of alkyl halides is 3. The van der Waals surface area contributed by atoms with E-state index in [2.05, 4.69) is 5.43 Å². The quantitative estimate of drug-likeness (QED) is 0.749. The molecule has 0 radical (unpaired) electrons. The molecule has 2 rings (SSSR count). The van der Waals surface area contributed by atoms with Crippen molar-refractivity contribution in [2.45, 2.75) is 19.1 Å². The minimum atomic E-state index is -4.59. The number of anilines is 1. The third-order valence-electron chi connectivity index (χ3n) is 2.94. The molecule has 1 unspecified atom stereocenters. The Bertz CT molecular complexity index is 625. The first-order valence-corrected chi connectivity index (χ1v) is 5.94. The molecule has 0 fully saturated rings. The Balaban J connectivity index is 2.39. The molecule has 1 aromatic rings. The van der Waals surface area contributed by atoms with E-state index in [1.54, 1.807) is 12.1 Å². The minimum absolute atomic E-state index is 0.222. The number of hydrazine groups is 1. The Morgan fingerprint density at radius 1 is 1.43 bits per heavy atom. The van der Waals surface area contributed by atoms with Crippen LogP contribution < -0.4 is 10.4 Å². The Morgan fingerprint density at radius 3 is 2.62 bits per heavy atom. The molecule has 1 aromatic carbocycles. The van der Waals surface area contributed by atoms with Crippen molar-refractivity contribution in [2.75, 3.05) is 5.01 Å². The summed E-state index contributed by atoms with van der Waals surface area (Å²) < 4.78 is 38.2. The third-order valence-corrected chi connectivity index (χ3v) is 2.94. The first-order valence-electron chi connectivity index (χ1n) is 5.94. The summed E-state index contributed by atoms with van der Waals surface area (Å²) in [6.45, 7) is 1.53. The van der Waals surface area contributed by atoms with Gasteiger partial charge in [0, 0.05) is 5.71 Å². The number of rotatable bonds is 3. The molecule has 1 atom stereocenters. The lowest BCUT2D eigenvalue weighted by Crippen LogP contribution is -2.45. The molecule has 1 aliphatic heterocycles. The molecule has 0 aliphatic carbocycles. The number of halogens is 3. The highest BCUT2D eigenvalue weighted by Crippen LogP contribution is 2.30. The van der Waals surface area contributed by atoms with Gasteiger partial charge in [-0.2, -0.15) is 13.2 Å². The van der Waals surface area contributed by atoms with E-state index in [1.807, 2.05) is 0 Å². The largest absolute Gasteiger partial charge is 0.477 e. The Hall–Kier alpha value is -2.35. The monoisotopic (exact) mass is 299 g/mol. The van der Waals surface area contributed by atoms with Crippen molar-refractivity contribution in [1.29, 1.82) is 5.41 Å². The summed E-state index contributed by atoms with van der Waals surface area (Å²) in [5.41, 5.74) is 2.55. The number of nitrogens with zero attached hydrogens (tertiary/aromatic N) is 1. The van der Waals surface area contributed by atoms with Crippen molar-refractivity contribution in [3.63, 3.8) is 0 Å². The highest BCUT2D eigenvalue weighted by atomic mass is 19.4. The summed E-state index contributed by atoms with van der Waals surface area (Å²) in [5, 5.41) is 17.4. The lowest BCUT2D eigenvalue weighted by molar-refractivity contribution is -0.142. The third kappa shape index (κ3) is 3.05. The van der Waals surface area contributed by atoms with E-state index in [0.717, 1.165) is 5.01 Å². The molecule has 0 spiro atoms. The van der Waals surface area contributed by atoms with E-state index in [1.165, 1.54) is 19.1 Å². The summed E-state index contributed by atoms with van der Waals surface area (Å²) in [5.74, 6) is -1.47. The van der Waals surface area contributed by atoms with Crippen LogP contribution in [0, 0.1) is 5.41 Å². The molecule has 0 saturated carbocycles. The van der Waals surface area contributed by atoms with E-state index >= 15 is 0 Å². The fraction of sp³-hybridized carbons (Fsp3) is 0.231. The van der Waals surface area contributed by atoms with Gasteiger partial charge in [-0.05, 0) is 30.7 Å². The van der Waals surface area contributed by atoms with Crippen LogP contribution in [0.25, 0.3) is 0 Å². The Kier molecular flexibility index (Phi) is 3.73. The van der Waals surface area contributed by atoms with E-state index in [4.69, 9.17) is 10.5 Å². The topological polar surface area (TPSA) is 76.4 Å². The molecule has 0 saturated heterocycles. The summed E-state index contributed by atoms with van der Waals surface area (Å²) in [6, 6.07) is 4.02. The van der Waals surface area contributed by atoms with Crippen molar-refractivity contribution >= 4 is 17.4 Å². The van der Waals surface area contributed by atoms with Gasteiger partial charge < -0.3 is 10.5 Å². The van der Waals surface area contributed by atoms with Gasteiger partial charge in [0.15, 0.2) is 0 Å². The van der Waals surface area contributed by atoms with Crippen molar-refractivity contribution in [1.82, 2.24) is 5.43 Å². The van der Waals surface area contributed by atoms with E-state index in [-0.39, 0.29) is 11.4 Å². The summed E-state index contributed by atoms with van der Waals surface area (Å²) in [4.78, 5) is 11.1. The first kappa shape index (κ1) is 15.0. The highest BCUT2D eigenvalue weighted by molar-refractivity contribution is 5.98. The van der Waals surface area contributed by atoms with Crippen LogP contribution in [0.1, 0.15) is 12.5 Å². The SMILES string of the molecule is CC(=N)c1cccc(N2NC(C(F)(F)F)C=C2C(=O)O)c1. The molecular formula is C13H12F3N3O2. The Morgan fingerprint density at radius 2 is 2.10 bits per heavy atom. The van der Waals surface area contributed by atoms with Crippen molar-refractivity contribution in [3.8, 4) is 0 Å². The molecule has 8 heteroatoms. The number of carboxylic acid groups (broad SMARTS) is 1. The molecule has 21 heavy (non-hydrogen) atoms. The Labute approximate surface area is 118 Å². The predicted molar refractivity (Wildman–Crippen MR) is 70.1 cm³/mol. The molecule has 3 N–H and O–H groups in total. The van der Waals surface area contributed by atoms with Gasteiger partial charge in [-0.25, -0.2) is 10.2 Å². The lowest BCUT2D eigenvalue weighted by atomic mass is 10.1. The second kappa shape index (κ2) is 5.21. The van der Waals surface area contributed by atoms with Crippen LogP contribution in [-0.4, -0.2) is 29.0 Å². The maximum absolute atomic E-state index is 12.7. The standard InChI is InChI=1S/C13H12F3N3O2/c1-7(17)8-3-2-4-9(5-8)19-10(12(20)21)6-11(18-19)13(14,15)16/h2-6,11,17-18H,1H3,(H,20,21). The van der Waals surface area contributed by atoms with Gasteiger partial charge in [0.2, 0.25) is 0 Å². The zero-order chi connectivity index (χ0) is 15.8. The van der Waals surface area contributed by atoms with Crippen LogP contribution in [0.2, 0.25) is 0 Å². The zero-order valence-corrected chi connectivity index (χ0v) is 10.9. The van der Waals surface area contributed by atoms with E-state index < -0.39 is 23.9 Å². The predicted octanol–water partition coefficient (Wildman–Crippen LogP) is 2.30. The van der Waals surface area contributed by atoms with Gasteiger partial charge in [-0.1, -0.05) is 12.1 Å². The van der Waals surface area contributed by atoms with Crippen LogP contribution in [0.3, 0.4) is 0 Å². The summed E-state index contributed by atoms with van der Waals surface area (Å²) in [6.07, 6.45) is -3.98. The van der Waals surface area contributed by atoms with Gasteiger partial charge >= 0.3 is 12.1 Å². The van der Waals surface area contributed by atoms with Crippen LogP contribution >= 0.6 is 0 Å². The molecule has 0 bridgehead atoms. The second-order valence-electron chi connectivity index (χ2n) is 4.52. The average molecular weight is 299 g/mol. The van der Waals surface area contributed by atoms with Crippen molar-refractivity contribution in [2.24, 2.45) is 0 Å². The zero-order valence-electron chi connectivity index (χ0n) is 10.9. The van der Waals surface area contributed by atoms with Crippen LogP contribution in [0.4, 0.5) is 18.9 Å². The average Bonchev–Trinajstić information content (AvgIpc) is 2.84. The fourth-order valence-corrected chi connectivity index (χ4v) is 1.90. The number of aliphatic carboxylic acids is 1. The summed E-state index contributed by atoms with van der Waals surface area (Å²) in [7, 11) is 0. The maximum Gasteiger partial charge on any atom is 0.409 e. The van der Waals surface area contributed by atoms with Crippen molar-refractivity contribution in [3.05, 3.63) is 41.6 Å². The molecule has 0 amide bonds. The van der Waals surface area contributed by atoms with Crippen LogP contribution in [0.15, 0.2) is 36.0 Å². The van der Waals surface area contributed by atoms with Gasteiger partial charge in [0.05, 0.1) is 5.69 Å². The highest BCUT2D eigenvalue weighted by Gasteiger charge is 2.44. The summed E-state index contributed by atoms with van der Waals surface area (Å²) >= 11 is 0. The van der Waals surface area contributed by atoms with Gasteiger partial charge in [0.1, 0.15) is 11.7 Å². The van der Waals surface area contributed by atoms with Gasteiger partial charge in [-0.15, -0.1) is 0 Å². The number of carbonyl (C=O) groups is 1. The maximum atomic E-state index is 12.7. The molecular weight excluding hydrogens is 287 g/mol. The number of carboxylic acids is 1. The van der Waals surface area contributed by atoms with E-state index in [0.29, 0.717) is 11.6 Å². The number of nitrogens with one attached hydrogen (secondary N) is 2. The molecule has 1 heterocycles. The number of benzene rings is 1. The minimum Gasteiger partial charge on any atom is -0.477 e.